The number of nitriles is 1. The molecule has 1 rings (SSSR count). The summed E-state index contributed by atoms with van der Waals surface area (Å²) in [6, 6.07) is 1.73. The number of nitrogens with one attached hydrogen (secondary N) is 1. The highest BCUT2D eigenvalue weighted by Crippen LogP contribution is 2.03. The van der Waals surface area contributed by atoms with Gasteiger partial charge in [0.05, 0.1) is 25.3 Å². The molecule has 5 heteroatoms. The first-order chi connectivity index (χ1) is 6.27. The molecule has 1 N–H and O–H groups in total. The number of rotatable bonds is 2. The second-order valence-corrected chi connectivity index (χ2v) is 2.17. The lowest BCUT2D eigenvalue weighted by molar-refractivity contribution is -0.135. The summed E-state index contributed by atoms with van der Waals surface area (Å²) in [5.41, 5.74) is 0.522. The van der Waals surface area contributed by atoms with E-state index in [9.17, 15) is 4.79 Å². The fourth-order valence-electron chi connectivity index (χ4n) is 0.748. The third kappa shape index (κ3) is 2.17. The van der Waals surface area contributed by atoms with Crippen molar-refractivity contribution in [2.75, 3.05) is 7.11 Å². The Kier molecular flexibility index (Phi) is 2.82. The molecule has 0 fully saturated rings. The van der Waals surface area contributed by atoms with Crippen LogP contribution in [0, 0.1) is 11.3 Å². The Morgan fingerprint density at radius 1 is 1.85 bits per heavy atom. The Labute approximate surface area is 74.7 Å². The largest absolute Gasteiger partial charge is 0.465 e. The Morgan fingerprint density at radius 3 is 3.08 bits per heavy atom. The van der Waals surface area contributed by atoms with Crippen LogP contribution in [-0.2, 0) is 9.53 Å². The summed E-state index contributed by atoms with van der Waals surface area (Å²) in [6.45, 7) is 0. The van der Waals surface area contributed by atoms with Crippen molar-refractivity contribution in [3.05, 3.63) is 23.8 Å². The molecule has 66 valence electrons. The van der Waals surface area contributed by atoms with E-state index in [0.717, 1.165) is 0 Å². The SMILES string of the molecule is COC(=O)/C(C#N)=C/c1cnc[nH]1. The van der Waals surface area contributed by atoms with Gasteiger partial charge in [0.15, 0.2) is 0 Å². The van der Waals surface area contributed by atoms with Crippen molar-refractivity contribution in [3.8, 4) is 6.07 Å². The molecule has 0 saturated carbocycles. The highest BCUT2D eigenvalue weighted by molar-refractivity contribution is 5.97. The average Bonchev–Trinajstić information content (AvgIpc) is 2.65. The third-order valence-electron chi connectivity index (χ3n) is 1.34. The van der Waals surface area contributed by atoms with Gasteiger partial charge in [-0.15, -0.1) is 0 Å². The van der Waals surface area contributed by atoms with Gasteiger partial charge < -0.3 is 9.72 Å². The Morgan fingerprint density at radius 2 is 2.62 bits per heavy atom. The topological polar surface area (TPSA) is 78.8 Å². The highest BCUT2D eigenvalue weighted by atomic mass is 16.5. The number of carbonyl (C=O) groups excluding carboxylic acids is 1. The summed E-state index contributed by atoms with van der Waals surface area (Å²) in [5, 5.41) is 8.57. The minimum atomic E-state index is -0.655. The first-order valence-electron chi connectivity index (χ1n) is 3.46. The third-order valence-corrected chi connectivity index (χ3v) is 1.34. The number of imidazole rings is 1. The second kappa shape index (κ2) is 4.07. The first-order valence-corrected chi connectivity index (χ1v) is 3.46. The fraction of sp³-hybridized carbons (Fsp3) is 0.125. The molecule has 0 aliphatic heterocycles. The van der Waals surface area contributed by atoms with E-state index in [4.69, 9.17) is 5.26 Å². The van der Waals surface area contributed by atoms with E-state index in [1.165, 1.54) is 25.7 Å². The monoisotopic (exact) mass is 177 g/mol. The van der Waals surface area contributed by atoms with Gasteiger partial charge in [0, 0.05) is 0 Å². The standard InChI is InChI=1S/C8H7N3O2/c1-13-8(12)6(3-9)2-7-4-10-5-11-7/h2,4-5H,1H3,(H,10,11)/b6-2+. The highest BCUT2D eigenvalue weighted by Gasteiger charge is 2.08. The second-order valence-electron chi connectivity index (χ2n) is 2.17. The number of methoxy groups -OCH3 is 1. The van der Waals surface area contributed by atoms with E-state index in [1.54, 1.807) is 6.07 Å². The van der Waals surface area contributed by atoms with Crippen LogP contribution >= 0.6 is 0 Å². The molecule has 0 aromatic carbocycles. The molecule has 1 aromatic heterocycles. The minimum absolute atomic E-state index is 0.0632. The normalized spacial score (nSPS) is 10.6. The number of aromatic nitrogens is 2. The van der Waals surface area contributed by atoms with Crippen LogP contribution in [0.15, 0.2) is 18.1 Å². The molecular formula is C8H7N3O2. The molecule has 1 aromatic rings. The predicted octanol–water partition coefficient (Wildman–Crippen LogP) is 0.490. The van der Waals surface area contributed by atoms with Crippen LogP contribution in [0.5, 0.6) is 0 Å². The maximum absolute atomic E-state index is 10.9. The van der Waals surface area contributed by atoms with E-state index in [1.807, 2.05) is 0 Å². The van der Waals surface area contributed by atoms with E-state index in [-0.39, 0.29) is 5.57 Å². The molecule has 0 amide bonds. The summed E-state index contributed by atoms with van der Waals surface area (Å²) >= 11 is 0. The van der Waals surface area contributed by atoms with Crippen molar-refractivity contribution in [1.82, 2.24) is 9.97 Å². The number of H-pyrrole nitrogens is 1. The molecule has 0 spiro atoms. The molecule has 0 atom stereocenters. The molecule has 0 bridgehead atoms. The number of hydrogen-bond donors (Lipinski definition) is 1. The number of carbonyl (C=O) groups is 1. The Bertz CT molecular complexity index is 359. The van der Waals surface area contributed by atoms with Gasteiger partial charge in [-0.05, 0) is 6.08 Å². The molecular weight excluding hydrogens is 170 g/mol. The molecule has 0 aliphatic rings. The molecule has 0 unspecified atom stereocenters. The minimum Gasteiger partial charge on any atom is -0.465 e. The van der Waals surface area contributed by atoms with Crippen LogP contribution in [-0.4, -0.2) is 23.0 Å². The number of hydrogen-bond acceptors (Lipinski definition) is 4. The summed E-state index contributed by atoms with van der Waals surface area (Å²) in [4.78, 5) is 17.4. The van der Waals surface area contributed by atoms with Crippen LogP contribution in [0.2, 0.25) is 0 Å². The molecule has 5 nitrogen and oxygen atoms in total. The van der Waals surface area contributed by atoms with Crippen molar-refractivity contribution in [3.63, 3.8) is 0 Å². The van der Waals surface area contributed by atoms with E-state index in [2.05, 4.69) is 14.7 Å². The first kappa shape index (κ1) is 9.00. The number of esters is 1. The zero-order chi connectivity index (χ0) is 9.68. The number of ether oxygens (including phenoxy) is 1. The van der Waals surface area contributed by atoms with Gasteiger partial charge in [-0.25, -0.2) is 9.78 Å². The van der Waals surface area contributed by atoms with E-state index >= 15 is 0 Å². The zero-order valence-corrected chi connectivity index (χ0v) is 6.94. The van der Waals surface area contributed by atoms with Gasteiger partial charge in [0.1, 0.15) is 11.6 Å². The molecule has 1 heterocycles. The molecule has 13 heavy (non-hydrogen) atoms. The Hall–Kier alpha value is -2.09. The predicted molar refractivity (Wildman–Crippen MR) is 44.2 cm³/mol. The van der Waals surface area contributed by atoms with Gasteiger partial charge in [-0.3, -0.25) is 0 Å². The fourth-order valence-corrected chi connectivity index (χ4v) is 0.748. The van der Waals surface area contributed by atoms with Crippen molar-refractivity contribution in [2.45, 2.75) is 0 Å². The van der Waals surface area contributed by atoms with Crippen molar-refractivity contribution in [1.29, 1.82) is 5.26 Å². The zero-order valence-electron chi connectivity index (χ0n) is 6.94. The number of aromatic amines is 1. The van der Waals surface area contributed by atoms with Gasteiger partial charge in [0.25, 0.3) is 0 Å². The van der Waals surface area contributed by atoms with Crippen LogP contribution in [0.4, 0.5) is 0 Å². The van der Waals surface area contributed by atoms with Gasteiger partial charge in [0.2, 0.25) is 0 Å². The lowest BCUT2D eigenvalue weighted by Crippen LogP contribution is -2.02. The Balaban J connectivity index is 2.91. The van der Waals surface area contributed by atoms with Crippen molar-refractivity contribution in [2.24, 2.45) is 0 Å². The maximum atomic E-state index is 10.9. The summed E-state index contributed by atoms with van der Waals surface area (Å²) in [6.07, 6.45) is 4.33. The summed E-state index contributed by atoms with van der Waals surface area (Å²) < 4.78 is 4.39. The van der Waals surface area contributed by atoms with E-state index < -0.39 is 5.97 Å². The van der Waals surface area contributed by atoms with Gasteiger partial charge >= 0.3 is 5.97 Å². The van der Waals surface area contributed by atoms with Crippen LogP contribution in [0.1, 0.15) is 5.69 Å². The number of nitrogens with zero attached hydrogens (tertiary/aromatic N) is 2. The smallest absolute Gasteiger partial charge is 0.348 e. The molecule has 0 radical (unpaired) electrons. The van der Waals surface area contributed by atoms with Gasteiger partial charge in [-0.2, -0.15) is 5.26 Å². The summed E-state index contributed by atoms with van der Waals surface area (Å²) in [7, 11) is 1.22. The lowest BCUT2D eigenvalue weighted by Gasteiger charge is -1.93. The quantitative estimate of drug-likeness (QED) is 0.405. The molecule has 0 aliphatic carbocycles. The van der Waals surface area contributed by atoms with E-state index in [0.29, 0.717) is 5.69 Å². The van der Waals surface area contributed by atoms with Crippen LogP contribution in [0.3, 0.4) is 0 Å². The lowest BCUT2D eigenvalue weighted by atomic mass is 10.2. The maximum Gasteiger partial charge on any atom is 0.348 e. The van der Waals surface area contributed by atoms with Gasteiger partial charge in [-0.1, -0.05) is 0 Å². The molecule has 0 saturated heterocycles. The average molecular weight is 177 g/mol. The van der Waals surface area contributed by atoms with Crippen LogP contribution < -0.4 is 0 Å². The summed E-state index contributed by atoms with van der Waals surface area (Å²) in [5.74, 6) is -0.655. The van der Waals surface area contributed by atoms with Crippen LogP contribution in [0.25, 0.3) is 6.08 Å². The van der Waals surface area contributed by atoms with Crippen molar-refractivity contribution >= 4 is 12.0 Å². The van der Waals surface area contributed by atoms with Crippen molar-refractivity contribution < 1.29 is 9.53 Å².